The van der Waals surface area contributed by atoms with Crippen molar-refractivity contribution in [2.45, 2.75) is 51.4 Å². The van der Waals surface area contributed by atoms with Gasteiger partial charge in [-0.05, 0) is 74.9 Å². The Bertz CT molecular complexity index is 554. The summed E-state index contributed by atoms with van der Waals surface area (Å²) >= 11 is 3.37. The van der Waals surface area contributed by atoms with E-state index in [1.165, 1.54) is 44.9 Å². The van der Waals surface area contributed by atoms with Crippen LogP contribution in [0, 0.1) is 11.8 Å². The second-order valence-electron chi connectivity index (χ2n) is 7.43. The highest BCUT2D eigenvalue weighted by Crippen LogP contribution is 2.31. The number of amides is 1. The van der Waals surface area contributed by atoms with Gasteiger partial charge < -0.3 is 15.4 Å². The van der Waals surface area contributed by atoms with E-state index < -0.39 is 0 Å². The molecule has 5 heteroatoms. The quantitative estimate of drug-likeness (QED) is 0.346. The minimum atomic E-state index is -0.358. The first-order chi connectivity index (χ1) is 13.2. The molecule has 1 aromatic rings. The smallest absolute Gasteiger partial charge is 0.410 e. The second-order valence-corrected chi connectivity index (χ2v) is 8.35. The number of ether oxygens (including phenoxy) is 1. The molecule has 1 aromatic carbocycles. The summed E-state index contributed by atoms with van der Waals surface area (Å²) in [5, 5.41) is 6.37. The van der Waals surface area contributed by atoms with E-state index in [0.29, 0.717) is 11.7 Å². The zero-order valence-corrected chi connectivity index (χ0v) is 17.8. The van der Waals surface area contributed by atoms with Gasteiger partial charge in [-0.25, -0.2) is 4.79 Å². The zero-order valence-electron chi connectivity index (χ0n) is 16.2. The summed E-state index contributed by atoms with van der Waals surface area (Å²) < 4.78 is 6.27. The Labute approximate surface area is 172 Å². The zero-order chi connectivity index (χ0) is 19.3. The minimum absolute atomic E-state index is 0.358. The van der Waals surface area contributed by atoms with Crippen molar-refractivity contribution in [1.29, 1.82) is 0 Å². The van der Waals surface area contributed by atoms with Crippen molar-refractivity contribution >= 4 is 22.0 Å². The van der Waals surface area contributed by atoms with E-state index in [9.17, 15) is 4.79 Å². The molecule has 0 bridgehead atoms. The van der Waals surface area contributed by atoms with Crippen LogP contribution in [0.25, 0.3) is 0 Å². The molecular weight excluding hydrogens is 404 g/mol. The van der Waals surface area contributed by atoms with Crippen molar-refractivity contribution in [1.82, 2.24) is 10.6 Å². The number of rotatable bonds is 11. The van der Waals surface area contributed by atoms with Gasteiger partial charge >= 0.3 is 6.09 Å². The van der Waals surface area contributed by atoms with Crippen molar-refractivity contribution in [2.75, 3.05) is 19.6 Å². The van der Waals surface area contributed by atoms with Gasteiger partial charge in [0.1, 0.15) is 5.75 Å². The van der Waals surface area contributed by atoms with Gasteiger partial charge in [0.2, 0.25) is 0 Å². The Morgan fingerprint density at radius 2 is 1.81 bits per heavy atom. The van der Waals surface area contributed by atoms with Crippen LogP contribution in [0.2, 0.25) is 0 Å². The molecule has 0 radical (unpaired) electrons. The molecule has 0 heterocycles. The van der Waals surface area contributed by atoms with E-state index in [0.717, 1.165) is 36.4 Å². The van der Waals surface area contributed by atoms with Crippen LogP contribution in [-0.2, 0) is 0 Å². The lowest BCUT2D eigenvalue weighted by atomic mass is 9.80. The molecule has 1 aliphatic carbocycles. The van der Waals surface area contributed by atoms with Crippen LogP contribution in [0.4, 0.5) is 4.79 Å². The summed E-state index contributed by atoms with van der Waals surface area (Å²) in [6, 6.07) is 7.29. The fourth-order valence-electron chi connectivity index (χ4n) is 3.61. The van der Waals surface area contributed by atoms with Crippen molar-refractivity contribution in [3.05, 3.63) is 41.4 Å². The van der Waals surface area contributed by atoms with Gasteiger partial charge in [-0.1, -0.05) is 47.7 Å². The second kappa shape index (κ2) is 12.9. The van der Waals surface area contributed by atoms with Gasteiger partial charge in [0.25, 0.3) is 0 Å². The van der Waals surface area contributed by atoms with Crippen LogP contribution in [0.3, 0.4) is 0 Å². The lowest BCUT2D eigenvalue weighted by molar-refractivity contribution is 0.193. The maximum atomic E-state index is 11.9. The third-order valence-corrected chi connectivity index (χ3v) is 5.80. The number of hydrogen-bond donors (Lipinski definition) is 2. The first-order valence-electron chi connectivity index (χ1n) is 10.2. The Balaban J connectivity index is 1.51. The number of carbonyl (C=O) groups excluding carboxylic acids is 1. The number of nitrogens with one attached hydrogen (secondary N) is 2. The minimum Gasteiger partial charge on any atom is -0.410 e. The highest BCUT2D eigenvalue weighted by Gasteiger charge is 2.21. The van der Waals surface area contributed by atoms with Gasteiger partial charge in [0, 0.05) is 11.0 Å². The largest absolute Gasteiger partial charge is 0.412 e. The standard InChI is InChI=1S/C22H33BrN2O2/c1-2-3-15-24-16-5-4-6-18-7-9-19(10-8-18)17-25-22(26)27-21-13-11-20(23)12-14-21/h2,11-14,18-19,24H,1,3-10,15-17H2,(H,25,26)/t18-,19-. The molecule has 0 atom stereocenters. The van der Waals surface area contributed by atoms with Crippen molar-refractivity contribution in [2.24, 2.45) is 11.8 Å². The van der Waals surface area contributed by atoms with Crippen molar-refractivity contribution in [3.8, 4) is 5.75 Å². The molecule has 27 heavy (non-hydrogen) atoms. The van der Waals surface area contributed by atoms with E-state index in [1.54, 1.807) is 12.1 Å². The SMILES string of the molecule is C=CCCNCCCC[C@H]1CC[C@H](CNC(=O)Oc2ccc(Br)cc2)CC1. The highest BCUT2D eigenvalue weighted by molar-refractivity contribution is 9.10. The van der Waals surface area contributed by atoms with E-state index in [-0.39, 0.29) is 6.09 Å². The number of unbranched alkanes of at least 4 members (excludes halogenated alkanes) is 1. The number of hydrogen-bond acceptors (Lipinski definition) is 3. The van der Waals surface area contributed by atoms with Crippen LogP contribution in [0.5, 0.6) is 5.75 Å². The normalized spacial score (nSPS) is 19.4. The molecule has 4 nitrogen and oxygen atoms in total. The van der Waals surface area contributed by atoms with Gasteiger partial charge in [-0.2, -0.15) is 0 Å². The molecule has 150 valence electrons. The van der Waals surface area contributed by atoms with E-state index in [4.69, 9.17) is 4.74 Å². The number of carbonyl (C=O) groups is 1. The monoisotopic (exact) mass is 436 g/mol. The highest BCUT2D eigenvalue weighted by atomic mass is 79.9. The van der Waals surface area contributed by atoms with Crippen LogP contribution in [0.1, 0.15) is 51.4 Å². The summed E-state index contributed by atoms with van der Waals surface area (Å²) in [5.41, 5.74) is 0. The summed E-state index contributed by atoms with van der Waals surface area (Å²) in [5.74, 6) is 2.02. The summed E-state index contributed by atoms with van der Waals surface area (Å²) in [7, 11) is 0. The predicted octanol–water partition coefficient (Wildman–Crippen LogP) is 5.68. The molecular formula is C22H33BrN2O2. The summed E-state index contributed by atoms with van der Waals surface area (Å²) in [6.07, 6.45) is 11.6. The van der Waals surface area contributed by atoms with E-state index in [1.807, 2.05) is 18.2 Å². The number of halogens is 1. The van der Waals surface area contributed by atoms with Crippen LogP contribution >= 0.6 is 15.9 Å². The van der Waals surface area contributed by atoms with E-state index in [2.05, 4.69) is 33.1 Å². The fourth-order valence-corrected chi connectivity index (χ4v) is 3.87. The van der Waals surface area contributed by atoms with Crippen molar-refractivity contribution < 1.29 is 9.53 Å². The molecule has 1 saturated carbocycles. The molecule has 2 N–H and O–H groups in total. The Morgan fingerprint density at radius 1 is 1.11 bits per heavy atom. The Hall–Kier alpha value is -1.33. The molecule has 0 saturated heterocycles. The van der Waals surface area contributed by atoms with Gasteiger partial charge in [-0.3, -0.25) is 0 Å². The van der Waals surface area contributed by atoms with Crippen LogP contribution in [-0.4, -0.2) is 25.7 Å². The predicted molar refractivity (Wildman–Crippen MR) is 115 cm³/mol. The first-order valence-corrected chi connectivity index (χ1v) is 11.0. The van der Waals surface area contributed by atoms with E-state index >= 15 is 0 Å². The first kappa shape index (κ1) is 22.0. The average Bonchev–Trinajstić information content (AvgIpc) is 2.68. The third-order valence-electron chi connectivity index (χ3n) is 5.27. The lowest BCUT2D eigenvalue weighted by Gasteiger charge is -2.28. The van der Waals surface area contributed by atoms with Crippen LogP contribution < -0.4 is 15.4 Å². The molecule has 0 spiro atoms. The number of benzene rings is 1. The van der Waals surface area contributed by atoms with Gasteiger partial charge in [-0.15, -0.1) is 6.58 Å². The Morgan fingerprint density at radius 3 is 2.52 bits per heavy atom. The molecule has 1 amide bonds. The van der Waals surface area contributed by atoms with Crippen molar-refractivity contribution in [3.63, 3.8) is 0 Å². The summed E-state index contributed by atoms with van der Waals surface area (Å²) in [4.78, 5) is 11.9. The maximum Gasteiger partial charge on any atom is 0.412 e. The maximum absolute atomic E-state index is 11.9. The lowest BCUT2D eigenvalue weighted by Crippen LogP contribution is -2.33. The fraction of sp³-hybridized carbons (Fsp3) is 0.591. The van der Waals surface area contributed by atoms with Gasteiger partial charge in [0.05, 0.1) is 0 Å². The molecule has 0 aliphatic heterocycles. The molecule has 2 rings (SSSR count). The van der Waals surface area contributed by atoms with Gasteiger partial charge in [0.15, 0.2) is 0 Å². The third kappa shape index (κ3) is 9.43. The summed E-state index contributed by atoms with van der Waals surface area (Å²) in [6.45, 7) is 6.62. The molecule has 1 fully saturated rings. The molecule has 0 unspecified atom stereocenters. The molecule has 0 aromatic heterocycles. The average molecular weight is 437 g/mol. The van der Waals surface area contributed by atoms with Crippen LogP contribution in [0.15, 0.2) is 41.4 Å². The molecule has 1 aliphatic rings. The topological polar surface area (TPSA) is 50.4 Å². The Kier molecular flexibility index (Phi) is 10.5.